The number of hydrogen-bond donors (Lipinski definition) is 1. The van der Waals surface area contributed by atoms with Crippen LogP contribution in [0.3, 0.4) is 0 Å². The summed E-state index contributed by atoms with van der Waals surface area (Å²) < 4.78 is 7.29. The van der Waals surface area contributed by atoms with Crippen LogP contribution in [0.25, 0.3) is 5.65 Å². The Bertz CT molecular complexity index is 548. The predicted molar refractivity (Wildman–Crippen MR) is 62.3 cm³/mol. The number of pyridine rings is 1. The third kappa shape index (κ3) is 2.22. The monoisotopic (exact) mass is 234 g/mol. The van der Waals surface area contributed by atoms with Crippen molar-refractivity contribution >= 4 is 11.6 Å². The van der Waals surface area contributed by atoms with E-state index in [1.807, 2.05) is 23.7 Å². The van der Waals surface area contributed by atoms with Gasteiger partial charge in [0.25, 0.3) is 0 Å². The molecule has 2 heterocycles. The summed E-state index contributed by atoms with van der Waals surface area (Å²) in [6, 6.07) is 3.53. The van der Waals surface area contributed by atoms with Gasteiger partial charge in [-0.15, -0.1) is 0 Å². The molecule has 1 unspecified atom stereocenters. The second-order valence-corrected chi connectivity index (χ2v) is 3.84. The normalized spacial score (nSPS) is 12.6. The summed E-state index contributed by atoms with van der Waals surface area (Å²) in [5.74, 6) is -0.465. The van der Waals surface area contributed by atoms with Crippen LogP contribution in [-0.4, -0.2) is 26.6 Å². The molecule has 0 aliphatic rings. The molecule has 0 saturated carbocycles. The van der Waals surface area contributed by atoms with Gasteiger partial charge in [-0.3, -0.25) is 0 Å². The Morgan fingerprint density at radius 2 is 2.41 bits per heavy atom. The standard InChI is InChI=1S/C12H14N2O3/c1-3-9(12(15)16)17-10-5-4-6-14-7-8(2)13-11(10)14/h4-7,9H,3H2,1-2H3,(H,15,16). The topological polar surface area (TPSA) is 63.8 Å². The van der Waals surface area contributed by atoms with E-state index in [0.29, 0.717) is 17.8 Å². The van der Waals surface area contributed by atoms with Gasteiger partial charge in [0.1, 0.15) is 0 Å². The second-order valence-electron chi connectivity index (χ2n) is 3.84. The molecule has 2 rings (SSSR count). The number of ether oxygens (including phenoxy) is 1. The average Bonchev–Trinajstić information content (AvgIpc) is 2.66. The molecule has 0 amide bonds. The van der Waals surface area contributed by atoms with Crippen LogP contribution < -0.4 is 4.74 Å². The molecule has 90 valence electrons. The lowest BCUT2D eigenvalue weighted by molar-refractivity contribution is -0.145. The third-order valence-electron chi connectivity index (χ3n) is 2.48. The Morgan fingerprint density at radius 3 is 3.06 bits per heavy atom. The highest BCUT2D eigenvalue weighted by atomic mass is 16.5. The zero-order chi connectivity index (χ0) is 12.4. The number of fused-ring (bicyclic) bond motifs is 1. The average molecular weight is 234 g/mol. The summed E-state index contributed by atoms with van der Waals surface area (Å²) in [5.41, 5.74) is 1.51. The van der Waals surface area contributed by atoms with Gasteiger partial charge in [0.15, 0.2) is 17.5 Å². The molecule has 0 fully saturated rings. The SMILES string of the molecule is CCC(Oc1cccn2cc(C)nc12)C(=O)O. The molecule has 0 aliphatic heterocycles. The van der Waals surface area contributed by atoms with Crippen LogP contribution >= 0.6 is 0 Å². The van der Waals surface area contributed by atoms with Crippen LogP contribution in [0.1, 0.15) is 19.0 Å². The van der Waals surface area contributed by atoms with E-state index in [1.165, 1.54) is 0 Å². The van der Waals surface area contributed by atoms with Gasteiger partial charge in [0.05, 0.1) is 5.69 Å². The van der Waals surface area contributed by atoms with Gasteiger partial charge in [0, 0.05) is 12.4 Å². The van der Waals surface area contributed by atoms with Crippen LogP contribution in [-0.2, 0) is 4.79 Å². The van der Waals surface area contributed by atoms with Crippen LogP contribution in [0.15, 0.2) is 24.5 Å². The number of imidazole rings is 1. The summed E-state index contributed by atoms with van der Waals surface area (Å²) in [5, 5.41) is 8.96. The molecule has 1 atom stereocenters. The molecular weight excluding hydrogens is 220 g/mol. The minimum atomic E-state index is -0.960. The van der Waals surface area contributed by atoms with Crippen molar-refractivity contribution in [3.05, 3.63) is 30.2 Å². The van der Waals surface area contributed by atoms with E-state index in [4.69, 9.17) is 9.84 Å². The first-order valence-electron chi connectivity index (χ1n) is 5.45. The van der Waals surface area contributed by atoms with Crippen molar-refractivity contribution in [2.24, 2.45) is 0 Å². The third-order valence-corrected chi connectivity index (χ3v) is 2.48. The summed E-state index contributed by atoms with van der Waals surface area (Å²) in [7, 11) is 0. The van der Waals surface area contributed by atoms with Crippen LogP contribution in [0, 0.1) is 6.92 Å². The lowest BCUT2D eigenvalue weighted by Gasteiger charge is -2.13. The maximum atomic E-state index is 10.9. The van der Waals surface area contributed by atoms with E-state index in [1.54, 1.807) is 19.1 Å². The highest BCUT2D eigenvalue weighted by Crippen LogP contribution is 2.20. The maximum Gasteiger partial charge on any atom is 0.344 e. The molecular formula is C12H14N2O3. The van der Waals surface area contributed by atoms with E-state index < -0.39 is 12.1 Å². The molecule has 17 heavy (non-hydrogen) atoms. The summed E-state index contributed by atoms with van der Waals surface area (Å²) >= 11 is 0. The maximum absolute atomic E-state index is 10.9. The van der Waals surface area contributed by atoms with E-state index in [0.717, 1.165) is 5.69 Å². The van der Waals surface area contributed by atoms with Crippen molar-refractivity contribution in [1.82, 2.24) is 9.38 Å². The minimum Gasteiger partial charge on any atom is -0.479 e. The Hall–Kier alpha value is -2.04. The number of rotatable bonds is 4. The van der Waals surface area contributed by atoms with Gasteiger partial charge in [-0.1, -0.05) is 6.92 Å². The number of hydrogen-bond acceptors (Lipinski definition) is 3. The zero-order valence-corrected chi connectivity index (χ0v) is 9.75. The van der Waals surface area contributed by atoms with Crippen molar-refractivity contribution < 1.29 is 14.6 Å². The molecule has 5 heteroatoms. The van der Waals surface area contributed by atoms with Gasteiger partial charge < -0.3 is 14.2 Å². The Balaban J connectivity index is 2.38. The molecule has 0 radical (unpaired) electrons. The van der Waals surface area contributed by atoms with Crippen molar-refractivity contribution in [1.29, 1.82) is 0 Å². The number of carboxylic acid groups (broad SMARTS) is 1. The van der Waals surface area contributed by atoms with Crippen LogP contribution in [0.5, 0.6) is 5.75 Å². The first-order chi connectivity index (χ1) is 8.11. The lowest BCUT2D eigenvalue weighted by Crippen LogP contribution is -2.26. The Labute approximate surface area is 98.7 Å². The molecule has 2 aromatic heterocycles. The van der Waals surface area contributed by atoms with E-state index in [9.17, 15) is 4.79 Å². The fourth-order valence-corrected chi connectivity index (χ4v) is 1.66. The van der Waals surface area contributed by atoms with Crippen molar-refractivity contribution in [2.75, 3.05) is 0 Å². The summed E-state index contributed by atoms with van der Waals surface area (Å²) in [4.78, 5) is 15.2. The van der Waals surface area contributed by atoms with E-state index >= 15 is 0 Å². The van der Waals surface area contributed by atoms with Crippen LogP contribution in [0.4, 0.5) is 0 Å². The molecule has 0 aromatic carbocycles. The zero-order valence-electron chi connectivity index (χ0n) is 9.75. The highest BCUT2D eigenvalue weighted by Gasteiger charge is 2.18. The minimum absolute atomic E-state index is 0.413. The number of carbonyl (C=O) groups is 1. The van der Waals surface area contributed by atoms with Gasteiger partial charge in [-0.2, -0.15) is 0 Å². The van der Waals surface area contributed by atoms with Crippen LogP contribution in [0.2, 0.25) is 0 Å². The first kappa shape index (κ1) is 11.4. The van der Waals surface area contributed by atoms with Gasteiger partial charge in [0.2, 0.25) is 0 Å². The lowest BCUT2D eigenvalue weighted by atomic mass is 10.3. The van der Waals surface area contributed by atoms with Gasteiger partial charge in [-0.25, -0.2) is 9.78 Å². The number of aliphatic carboxylic acids is 1. The predicted octanol–water partition coefficient (Wildman–Crippen LogP) is 1.88. The number of nitrogens with zero attached hydrogens (tertiary/aromatic N) is 2. The van der Waals surface area contributed by atoms with Gasteiger partial charge >= 0.3 is 5.97 Å². The number of aromatic nitrogens is 2. The highest BCUT2D eigenvalue weighted by molar-refractivity contribution is 5.73. The molecule has 0 saturated heterocycles. The summed E-state index contributed by atoms with van der Waals surface area (Å²) in [6.07, 6.45) is 3.29. The number of aryl methyl sites for hydroxylation is 1. The van der Waals surface area contributed by atoms with Crippen molar-refractivity contribution in [2.45, 2.75) is 26.4 Å². The van der Waals surface area contributed by atoms with E-state index in [-0.39, 0.29) is 0 Å². The Kier molecular flexibility index (Phi) is 2.99. The fraction of sp³-hybridized carbons (Fsp3) is 0.333. The number of carboxylic acids is 1. The smallest absolute Gasteiger partial charge is 0.344 e. The van der Waals surface area contributed by atoms with Crippen molar-refractivity contribution in [3.8, 4) is 5.75 Å². The Morgan fingerprint density at radius 1 is 1.65 bits per heavy atom. The molecule has 2 aromatic rings. The molecule has 1 N–H and O–H groups in total. The molecule has 0 spiro atoms. The van der Waals surface area contributed by atoms with Gasteiger partial charge in [-0.05, 0) is 25.5 Å². The molecule has 0 aliphatic carbocycles. The quantitative estimate of drug-likeness (QED) is 0.877. The molecule has 0 bridgehead atoms. The van der Waals surface area contributed by atoms with E-state index in [2.05, 4.69) is 4.98 Å². The van der Waals surface area contributed by atoms with Crippen molar-refractivity contribution in [3.63, 3.8) is 0 Å². The summed E-state index contributed by atoms with van der Waals surface area (Å²) in [6.45, 7) is 3.65. The largest absolute Gasteiger partial charge is 0.479 e. The molecule has 5 nitrogen and oxygen atoms in total. The first-order valence-corrected chi connectivity index (χ1v) is 5.45. The second kappa shape index (κ2) is 4.45. The fourth-order valence-electron chi connectivity index (χ4n) is 1.66.